The molecule has 0 aliphatic heterocycles. The molecule has 0 spiro atoms. The summed E-state index contributed by atoms with van der Waals surface area (Å²) in [6, 6.07) is 16.4. The quantitative estimate of drug-likeness (QED) is 0.729. The van der Waals surface area contributed by atoms with E-state index < -0.39 is 5.60 Å². The number of fused-ring (bicyclic) bond motifs is 2. The normalized spacial score (nSPS) is 16.8. The van der Waals surface area contributed by atoms with Crippen molar-refractivity contribution in [2.45, 2.75) is 25.4 Å². The predicted octanol–water partition coefficient (Wildman–Crippen LogP) is 3.04. The Balaban J connectivity index is 2.27. The Kier molecular flexibility index (Phi) is 2.30. The SMILES string of the molecule is CC1(O)c2ccccc2CCc2ccccc21. The van der Waals surface area contributed by atoms with E-state index in [-0.39, 0.29) is 0 Å². The zero-order valence-electron chi connectivity index (χ0n) is 9.98. The highest BCUT2D eigenvalue weighted by atomic mass is 16.3. The van der Waals surface area contributed by atoms with Gasteiger partial charge in [-0.25, -0.2) is 0 Å². The van der Waals surface area contributed by atoms with Crippen molar-refractivity contribution in [2.24, 2.45) is 0 Å². The molecule has 0 saturated heterocycles. The molecule has 2 aromatic carbocycles. The van der Waals surface area contributed by atoms with Crippen molar-refractivity contribution in [3.63, 3.8) is 0 Å². The van der Waals surface area contributed by atoms with Gasteiger partial charge < -0.3 is 5.11 Å². The molecule has 3 rings (SSSR count). The molecular formula is C16H16O. The maximum atomic E-state index is 10.9. The molecule has 1 nitrogen and oxygen atoms in total. The summed E-state index contributed by atoms with van der Waals surface area (Å²) in [4.78, 5) is 0. The fraction of sp³-hybridized carbons (Fsp3) is 0.250. The van der Waals surface area contributed by atoms with Crippen LogP contribution in [0.15, 0.2) is 48.5 Å². The third-order valence-corrected chi connectivity index (χ3v) is 3.75. The van der Waals surface area contributed by atoms with Gasteiger partial charge in [0.15, 0.2) is 0 Å². The first-order valence-electron chi connectivity index (χ1n) is 6.09. The number of hydrogen-bond acceptors (Lipinski definition) is 1. The van der Waals surface area contributed by atoms with E-state index in [0.29, 0.717) is 0 Å². The lowest BCUT2D eigenvalue weighted by molar-refractivity contribution is 0.102. The summed E-state index contributed by atoms with van der Waals surface area (Å²) in [6.07, 6.45) is 2.01. The average molecular weight is 224 g/mol. The first-order valence-corrected chi connectivity index (χ1v) is 6.09. The van der Waals surface area contributed by atoms with Gasteiger partial charge in [0.1, 0.15) is 5.60 Å². The Morgan fingerprint density at radius 1 is 0.824 bits per heavy atom. The Bertz CT molecular complexity index is 505. The number of hydrogen-bond donors (Lipinski definition) is 1. The summed E-state index contributed by atoms with van der Waals surface area (Å²) in [7, 11) is 0. The van der Waals surface area contributed by atoms with Gasteiger partial charge in [-0.15, -0.1) is 0 Å². The average Bonchev–Trinajstić information content (AvgIpc) is 2.47. The Morgan fingerprint density at radius 3 is 1.71 bits per heavy atom. The van der Waals surface area contributed by atoms with Gasteiger partial charge in [0, 0.05) is 0 Å². The molecule has 0 unspecified atom stereocenters. The van der Waals surface area contributed by atoms with Crippen LogP contribution in [0, 0.1) is 0 Å². The second-order valence-corrected chi connectivity index (χ2v) is 4.89. The largest absolute Gasteiger partial charge is 0.381 e. The summed E-state index contributed by atoms with van der Waals surface area (Å²) < 4.78 is 0. The van der Waals surface area contributed by atoms with Gasteiger partial charge in [0.2, 0.25) is 0 Å². The Hall–Kier alpha value is -1.60. The van der Waals surface area contributed by atoms with Crippen LogP contribution in [0.1, 0.15) is 29.2 Å². The summed E-state index contributed by atoms with van der Waals surface area (Å²) >= 11 is 0. The molecule has 86 valence electrons. The lowest BCUT2D eigenvalue weighted by atomic mass is 9.85. The van der Waals surface area contributed by atoms with Crippen molar-refractivity contribution in [3.8, 4) is 0 Å². The third-order valence-electron chi connectivity index (χ3n) is 3.75. The number of rotatable bonds is 0. The van der Waals surface area contributed by atoms with Crippen molar-refractivity contribution in [1.82, 2.24) is 0 Å². The fourth-order valence-electron chi connectivity index (χ4n) is 2.84. The monoisotopic (exact) mass is 224 g/mol. The predicted molar refractivity (Wildman–Crippen MR) is 69.0 cm³/mol. The zero-order valence-corrected chi connectivity index (χ0v) is 9.98. The van der Waals surface area contributed by atoms with Gasteiger partial charge in [0.05, 0.1) is 0 Å². The van der Waals surface area contributed by atoms with Crippen LogP contribution >= 0.6 is 0 Å². The minimum Gasteiger partial charge on any atom is -0.381 e. The van der Waals surface area contributed by atoms with Crippen molar-refractivity contribution < 1.29 is 5.11 Å². The van der Waals surface area contributed by atoms with Crippen LogP contribution in [0.2, 0.25) is 0 Å². The van der Waals surface area contributed by atoms with Gasteiger partial charge in [-0.3, -0.25) is 0 Å². The van der Waals surface area contributed by atoms with Crippen molar-refractivity contribution in [1.29, 1.82) is 0 Å². The molecule has 0 atom stereocenters. The van der Waals surface area contributed by atoms with Gasteiger partial charge >= 0.3 is 0 Å². The highest BCUT2D eigenvalue weighted by molar-refractivity contribution is 5.46. The molecule has 0 heterocycles. The lowest BCUT2D eigenvalue weighted by Crippen LogP contribution is -2.24. The van der Waals surface area contributed by atoms with E-state index in [2.05, 4.69) is 12.1 Å². The summed E-state index contributed by atoms with van der Waals surface area (Å²) in [5.41, 5.74) is 3.74. The number of benzene rings is 2. The molecular weight excluding hydrogens is 208 g/mol. The van der Waals surface area contributed by atoms with Crippen LogP contribution in [0.25, 0.3) is 0 Å². The van der Waals surface area contributed by atoms with E-state index in [9.17, 15) is 5.11 Å². The van der Waals surface area contributed by atoms with E-state index in [4.69, 9.17) is 0 Å². The lowest BCUT2D eigenvalue weighted by Gasteiger charge is -2.26. The van der Waals surface area contributed by atoms with E-state index in [1.165, 1.54) is 11.1 Å². The van der Waals surface area contributed by atoms with Crippen molar-refractivity contribution in [3.05, 3.63) is 70.8 Å². The van der Waals surface area contributed by atoms with Gasteiger partial charge in [-0.05, 0) is 42.0 Å². The summed E-state index contributed by atoms with van der Waals surface area (Å²) in [5.74, 6) is 0. The highest BCUT2D eigenvalue weighted by Gasteiger charge is 2.31. The molecule has 1 aliphatic carbocycles. The molecule has 1 heteroatoms. The van der Waals surface area contributed by atoms with Crippen LogP contribution in [0.4, 0.5) is 0 Å². The Morgan fingerprint density at radius 2 is 1.24 bits per heavy atom. The number of aliphatic hydroxyl groups is 1. The van der Waals surface area contributed by atoms with Gasteiger partial charge in [-0.1, -0.05) is 48.5 Å². The fourth-order valence-corrected chi connectivity index (χ4v) is 2.84. The minimum absolute atomic E-state index is 0.871. The molecule has 1 aliphatic rings. The second kappa shape index (κ2) is 3.71. The van der Waals surface area contributed by atoms with Gasteiger partial charge in [0.25, 0.3) is 0 Å². The Labute approximate surface area is 102 Å². The van der Waals surface area contributed by atoms with Crippen LogP contribution in [-0.2, 0) is 18.4 Å². The zero-order chi connectivity index (χ0) is 11.9. The van der Waals surface area contributed by atoms with E-state index in [0.717, 1.165) is 24.0 Å². The van der Waals surface area contributed by atoms with E-state index >= 15 is 0 Å². The molecule has 0 bridgehead atoms. The van der Waals surface area contributed by atoms with Crippen molar-refractivity contribution >= 4 is 0 Å². The molecule has 17 heavy (non-hydrogen) atoms. The first kappa shape index (κ1) is 10.5. The minimum atomic E-state index is -0.871. The maximum absolute atomic E-state index is 10.9. The van der Waals surface area contributed by atoms with Gasteiger partial charge in [-0.2, -0.15) is 0 Å². The molecule has 0 radical (unpaired) electrons. The highest BCUT2D eigenvalue weighted by Crippen LogP contribution is 2.36. The van der Waals surface area contributed by atoms with Crippen molar-refractivity contribution in [2.75, 3.05) is 0 Å². The smallest absolute Gasteiger partial charge is 0.112 e. The number of aryl methyl sites for hydroxylation is 2. The molecule has 0 amide bonds. The molecule has 1 N–H and O–H groups in total. The standard InChI is InChI=1S/C16H16O/c1-16(17)14-8-4-2-6-12(14)10-11-13-7-3-5-9-15(13)16/h2-9,17H,10-11H2,1H3. The topological polar surface area (TPSA) is 20.2 Å². The molecule has 0 fully saturated rings. The molecule has 2 aromatic rings. The maximum Gasteiger partial charge on any atom is 0.112 e. The molecule has 0 aromatic heterocycles. The summed E-state index contributed by atoms with van der Waals surface area (Å²) in [5, 5.41) is 10.9. The van der Waals surface area contributed by atoms with Crippen LogP contribution < -0.4 is 0 Å². The second-order valence-electron chi connectivity index (χ2n) is 4.89. The van der Waals surface area contributed by atoms with Crippen LogP contribution in [0.3, 0.4) is 0 Å². The van der Waals surface area contributed by atoms with Crippen LogP contribution in [0.5, 0.6) is 0 Å². The third kappa shape index (κ3) is 1.58. The van der Waals surface area contributed by atoms with E-state index in [1.807, 2.05) is 43.3 Å². The summed E-state index contributed by atoms with van der Waals surface area (Å²) in [6.45, 7) is 1.90. The first-order chi connectivity index (χ1) is 8.19. The van der Waals surface area contributed by atoms with Crippen LogP contribution in [-0.4, -0.2) is 5.11 Å². The van der Waals surface area contributed by atoms with E-state index in [1.54, 1.807) is 0 Å². The molecule has 0 saturated carbocycles.